The quantitative estimate of drug-likeness (QED) is 0.353. The number of carbonyl (C=O) groups excluding carboxylic acids is 1. The maximum atomic E-state index is 12.9. The molecule has 2 atom stereocenters. The molecular weight excluding hydrogens is 409 g/mol. The lowest BCUT2D eigenvalue weighted by molar-refractivity contribution is -0.148. The van der Waals surface area contributed by atoms with Crippen LogP contribution in [-0.4, -0.2) is 29.2 Å². The lowest BCUT2D eigenvalue weighted by Crippen LogP contribution is -2.50. The Labute approximate surface area is 173 Å². The second-order valence-electron chi connectivity index (χ2n) is 6.89. The molecule has 0 radical (unpaired) electrons. The Morgan fingerprint density at radius 1 is 1.15 bits per heavy atom. The molecule has 1 fully saturated rings. The third-order valence-electron chi connectivity index (χ3n) is 4.68. The molecule has 1 aliphatic rings. The molecule has 0 unspecified atom stereocenters. The smallest absolute Gasteiger partial charge is 0.328 e. The highest BCUT2D eigenvalue weighted by Crippen LogP contribution is 2.39. The van der Waals surface area contributed by atoms with Crippen LogP contribution in [0.25, 0.3) is 0 Å². The highest BCUT2D eigenvalue weighted by molar-refractivity contribution is 6.43. The SMILES string of the molecule is C[C@@H](C(=O)Oc1cc(Cl)c(Cl)cc1Cl)N1[C@H](c2ccccc2)COC1(C)C. The van der Waals surface area contributed by atoms with Gasteiger partial charge in [-0.1, -0.05) is 65.1 Å². The second-order valence-corrected chi connectivity index (χ2v) is 8.11. The van der Waals surface area contributed by atoms with E-state index in [0.717, 1.165) is 5.56 Å². The van der Waals surface area contributed by atoms with Gasteiger partial charge in [-0.05, 0) is 32.4 Å². The minimum Gasteiger partial charge on any atom is -0.424 e. The van der Waals surface area contributed by atoms with Gasteiger partial charge in [0.05, 0.1) is 27.7 Å². The third-order valence-corrected chi connectivity index (χ3v) is 5.70. The van der Waals surface area contributed by atoms with Gasteiger partial charge in [-0.3, -0.25) is 4.90 Å². The maximum Gasteiger partial charge on any atom is 0.328 e. The molecule has 2 aromatic rings. The normalized spacial score (nSPS) is 20.4. The van der Waals surface area contributed by atoms with Gasteiger partial charge in [0.25, 0.3) is 0 Å². The average Bonchev–Trinajstić information content (AvgIpc) is 2.94. The Bertz CT molecular complexity index is 842. The van der Waals surface area contributed by atoms with E-state index in [9.17, 15) is 4.79 Å². The lowest BCUT2D eigenvalue weighted by Gasteiger charge is -2.37. The molecule has 0 bridgehead atoms. The standard InChI is InChI=1S/C20H20Cl3NO3/c1-12(19(25)27-18-10-15(22)14(21)9-16(18)23)24-17(11-26-20(24,2)3)13-7-5-4-6-8-13/h4-10,12,17H,11H2,1-3H3/t12-,17-/m0/s1. The predicted octanol–water partition coefficient (Wildman–Crippen LogP) is 5.75. The van der Waals surface area contributed by atoms with Crippen molar-refractivity contribution in [1.29, 1.82) is 0 Å². The van der Waals surface area contributed by atoms with Crippen LogP contribution in [0, 0.1) is 0 Å². The molecular formula is C20H20Cl3NO3. The van der Waals surface area contributed by atoms with Crippen molar-refractivity contribution in [1.82, 2.24) is 4.90 Å². The van der Waals surface area contributed by atoms with Crippen molar-refractivity contribution in [2.24, 2.45) is 0 Å². The number of halogens is 3. The fraction of sp³-hybridized carbons (Fsp3) is 0.350. The molecule has 1 heterocycles. The number of carbonyl (C=O) groups is 1. The number of hydrogen-bond donors (Lipinski definition) is 0. The van der Waals surface area contributed by atoms with Crippen LogP contribution in [0.4, 0.5) is 0 Å². The molecule has 0 aliphatic carbocycles. The van der Waals surface area contributed by atoms with Crippen LogP contribution in [0.2, 0.25) is 15.1 Å². The van der Waals surface area contributed by atoms with Gasteiger partial charge in [0.15, 0.2) is 5.75 Å². The van der Waals surface area contributed by atoms with Crippen molar-refractivity contribution in [2.45, 2.75) is 38.6 Å². The molecule has 4 nitrogen and oxygen atoms in total. The van der Waals surface area contributed by atoms with Crippen LogP contribution in [0.1, 0.15) is 32.4 Å². The van der Waals surface area contributed by atoms with E-state index >= 15 is 0 Å². The van der Waals surface area contributed by atoms with Crippen LogP contribution in [0.3, 0.4) is 0 Å². The number of ether oxygens (including phenoxy) is 2. The van der Waals surface area contributed by atoms with Gasteiger partial charge in [0.2, 0.25) is 0 Å². The summed E-state index contributed by atoms with van der Waals surface area (Å²) >= 11 is 18.1. The van der Waals surface area contributed by atoms with E-state index in [4.69, 9.17) is 44.3 Å². The Morgan fingerprint density at radius 2 is 1.78 bits per heavy atom. The predicted molar refractivity (Wildman–Crippen MR) is 108 cm³/mol. The third kappa shape index (κ3) is 4.25. The van der Waals surface area contributed by atoms with Crippen molar-refractivity contribution in [3.05, 3.63) is 63.1 Å². The minimum atomic E-state index is -0.625. The first kappa shape index (κ1) is 20.4. The number of rotatable bonds is 4. The monoisotopic (exact) mass is 427 g/mol. The molecule has 2 aromatic carbocycles. The Hall–Kier alpha value is -1.30. The van der Waals surface area contributed by atoms with Crippen molar-refractivity contribution in [3.8, 4) is 5.75 Å². The summed E-state index contributed by atoms with van der Waals surface area (Å²) < 4.78 is 11.5. The van der Waals surface area contributed by atoms with E-state index in [2.05, 4.69) is 0 Å². The number of hydrogen-bond acceptors (Lipinski definition) is 4. The zero-order chi connectivity index (χ0) is 19.8. The Balaban J connectivity index is 1.85. The van der Waals surface area contributed by atoms with Gasteiger partial charge in [0.1, 0.15) is 11.8 Å². The number of benzene rings is 2. The fourth-order valence-electron chi connectivity index (χ4n) is 3.37. The first-order valence-corrected chi connectivity index (χ1v) is 9.67. The largest absolute Gasteiger partial charge is 0.424 e. The topological polar surface area (TPSA) is 38.8 Å². The highest BCUT2D eigenvalue weighted by Gasteiger charge is 2.46. The van der Waals surface area contributed by atoms with Gasteiger partial charge in [-0.2, -0.15) is 0 Å². The second kappa shape index (κ2) is 7.98. The summed E-state index contributed by atoms with van der Waals surface area (Å²) in [5.74, 6) is -0.271. The average molecular weight is 429 g/mol. The van der Waals surface area contributed by atoms with E-state index in [1.807, 2.05) is 49.1 Å². The van der Waals surface area contributed by atoms with Crippen LogP contribution in [0.5, 0.6) is 5.75 Å². The number of nitrogens with zero attached hydrogens (tertiary/aromatic N) is 1. The summed E-state index contributed by atoms with van der Waals surface area (Å²) in [6.07, 6.45) is 0. The Morgan fingerprint density at radius 3 is 2.44 bits per heavy atom. The van der Waals surface area contributed by atoms with E-state index in [1.54, 1.807) is 6.92 Å². The van der Waals surface area contributed by atoms with E-state index < -0.39 is 17.7 Å². The molecule has 1 aliphatic heterocycles. The van der Waals surface area contributed by atoms with Gasteiger partial charge in [-0.15, -0.1) is 0 Å². The molecule has 0 aromatic heterocycles. The summed E-state index contributed by atoms with van der Waals surface area (Å²) in [5, 5.41) is 0.790. The molecule has 27 heavy (non-hydrogen) atoms. The fourth-order valence-corrected chi connectivity index (χ4v) is 3.95. The van der Waals surface area contributed by atoms with Gasteiger partial charge < -0.3 is 9.47 Å². The summed E-state index contributed by atoms with van der Waals surface area (Å²) in [6, 6.07) is 12.2. The zero-order valence-corrected chi connectivity index (χ0v) is 17.5. The first-order valence-electron chi connectivity index (χ1n) is 8.54. The first-order chi connectivity index (χ1) is 12.7. The van der Waals surface area contributed by atoms with Crippen LogP contribution in [0.15, 0.2) is 42.5 Å². The molecule has 0 spiro atoms. The van der Waals surface area contributed by atoms with E-state index in [0.29, 0.717) is 11.6 Å². The molecule has 0 saturated carbocycles. The van der Waals surface area contributed by atoms with Gasteiger partial charge in [0, 0.05) is 6.07 Å². The van der Waals surface area contributed by atoms with Crippen LogP contribution < -0.4 is 4.74 Å². The zero-order valence-electron chi connectivity index (χ0n) is 15.2. The van der Waals surface area contributed by atoms with Crippen LogP contribution in [-0.2, 0) is 9.53 Å². The van der Waals surface area contributed by atoms with Gasteiger partial charge in [-0.25, -0.2) is 4.79 Å². The van der Waals surface area contributed by atoms with Crippen molar-refractivity contribution >= 4 is 40.8 Å². The number of esters is 1. The summed E-state index contributed by atoms with van der Waals surface area (Å²) in [6.45, 7) is 6.15. The van der Waals surface area contributed by atoms with E-state index in [-0.39, 0.29) is 21.8 Å². The lowest BCUT2D eigenvalue weighted by atomic mass is 10.0. The van der Waals surface area contributed by atoms with E-state index in [1.165, 1.54) is 12.1 Å². The maximum absolute atomic E-state index is 12.9. The van der Waals surface area contributed by atoms with Crippen molar-refractivity contribution < 1.29 is 14.3 Å². The Kier molecular flexibility index (Phi) is 6.04. The van der Waals surface area contributed by atoms with Crippen molar-refractivity contribution in [3.63, 3.8) is 0 Å². The summed E-state index contributed by atoms with van der Waals surface area (Å²) in [4.78, 5) is 14.9. The molecule has 0 amide bonds. The summed E-state index contributed by atoms with van der Waals surface area (Å²) in [7, 11) is 0. The highest BCUT2D eigenvalue weighted by atomic mass is 35.5. The molecule has 1 saturated heterocycles. The van der Waals surface area contributed by atoms with Gasteiger partial charge >= 0.3 is 5.97 Å². The summed E-state index contributed by atoms with van der Waals surface area (Å²) in [5.41, 5.74) is 0.454. The molecule has 7 heteroatoms. The molecule has 144 valence electrons. The molecule has 3 rings (SSSR count). The molecule has 0 N–H and O–H groups in total. The minimum absolute atomic E-state index is 0.0620. The van der Waals surface area contributed by atoms with Crippen molar-refractivity contribution in [2.75, 3.05) is 6.61 Å². The van der Waals surface area contributed by atoms with Crippen LogP contribution >= 0.6 is 34.8 Å².